The number of aromatic carboxylic acids is 1. The predicted molar refractivity (Wildman–Crippen MR) is 46.8 cm³/mol. The Morgan fingerprint density at radius 2 is 2.33 bits per heavy atom. The Labute approximate surface area is 76.6 Å². The molecule has 1 heterocycles. The van der Waals surface area contributed by atoms with Crippen LogP contribution in [0.1, 0.15) is 23.1 Å². The first-order chi connectivity index (χ1) is 5.15. The number of carboxylic acids is 1. The van der Waals surface area contributed by atoms with E-state index < -0.39 is 5.97 Å². The number of hydrogen-bond acceptors (Lipinski definition) is 2. The molecule has 0 spiro atoms. The Morgan fingerprint density at radius 3 is 2.67 bits per heavy atom. The maximum atomic E-state index is 10.5. The van der Waals surface area contributed by atoms with Crippen LogP contribution >= 0.6 is 12.4 Å². The molecule has 0 radical (unpaired) electrons. The summed E-state index contributed by atoms with van der Waals surface area (Å²) >= 11 is 0. The lowest BCUT2D eigenvalue weighted by Gasteiger charge is -1.96. The van der Waals surface area contributed by atoms with Gasteiger partial charge in [0.25, 0.3) is 0 Å². The van der Waals surface area contributed by atoms with Crippen molar-refractivity contribution in [3.63, 3.8) is 0 Å². The van der Waals surface area contributed by atoms with E-state index in [0.29, 0.717) is 6.54 Å². The fraction of sp³-hybridized carbons (Fsp3) is 0.429. The van der Waals surface area contributed by atoms with Crippen LogP contribution in [0.15, 0.2) is 6.07 Å². The van der Waals surface area contributed by atoms with Gasteiger partial charge in [0.05, 0.1) is 5.69 Å². The van der Waals surface area contributed by atoms with Crippen LogP contribution < -0.4 is 0 Å². The Balaban J connectivity index is 0.00000121. The highest BCUT2D eigenvalue weighted by Crippen LogP contribution is 2.02. The maximum absolute atomic E-state index is 10.5. The van der Waals surface area contributed by atoms with Gasteiger partial charge in [-0.3, -0.25) is 4.68 Å². The second-order valence-corrected chi connectivity index (χ2v) is 2.29. The largest absolute Gasteiger partial charge is 0.477 e. The third kappa shape index (κ3) is 1.98. The normalized spacial score (nSPS) is 9.17. The Morgan fingerprint density at radius 1 is 1.75 bits per heavy atom. The Kier molecular flexibility index (Phi) is 3.76. The minimum Gasteiger partial charge on any atom is -0.477 e. The summed E-state index contributed by atoms with van der Waals surface area (Å²) in [4.78, 5) is 10.5. The van der Waals surface area contributed by atoms with Gasteiger partial charge in [-0.05, 0) is 19.9 Å². The first kappa shape index (κ1) is 11.0. The van der Waals surface area contributed by atoms with Crippen LogP contribution in [0.25, 0.3) is 0 Å². The van der Waals surface area contributed by atoms with Crippen molar-refractivity contribution in [1.82, 2.24) is 9.78 Å². The predicted octanol–water partition coefficient (Wildman–Crippen LogP) is 1.33. The zero-order valence-corrected chi connectivity index (χ0v) is 7.76. The molecule has 0 aliphatic rings. The van der Waals surface area contributed by atoms with E-state index in [0.717, 1.165) is 5.69 Å². The van der Waals surface area contributed by atoms with Crippen molar-refractivity contribution in [3.8, 4) is 0 Å². The monoisotopic (exact) mass is 190 g/mol. The summed E-state index contributed by atoms with van der Waals surface area (Å²) in [5.74, 6) is -0.924. The number of carboxylic acid groups (broad SMARTS) is 1. The zero-order chi connectivity index (χ0) is 8.43. The molecule has 0 saturated carbocycles. The summed E-state index contributed by atoms with van der Waals surface area (Å²) in [6, 6.07) is 1.56. The second-order valence-electron chi connectivity index (χ2n) is 2.29. The molecule has 0 unspecified atom stereocenters. The molecule has 68 valence electrons. The van der Waals surface area contributed by atoms with Gasteiger partial charge in [-0.1, -0.05) is 0 Å². The highest BCUT2D eigenvalue weighted by Gasteiger charge is 2.09. The lowest BCUT2D eigenvalue weighted by molar-refractivity contribution is 0.0683. The molecule has 1 aromatic rings. The average Bonchev–Trinajstić information content (AvgIpc) is 2.30. The van der Waals surface area contributed by atoms with Gasteiger partial charge in [0.15, 0.2) is 0 Å². The number of carbonyl (C=O) groups is 1. The van der Waals surface area contributed by atoms with Gasteiger partial charge in [-0.15, -0.1) is 12.4 Å². The van der Waals surface area contributed by atoms with Crippen molar-refractivity contribution in [1.29, 1.82) is 0 Å². The summed E-state index contributed by atoms with van der Waals surface area (Å²) in [6.45, 7) is 4.23. The van der Waals surface area contributed by atoms with E-state index in [4.69, 9.17) is 5.11 Å². The lowest BCUT2D eigenvalue weighted by Crippen LogP contribution is -2.07. The molecule has 0 aliphatic carbocycles. The van der Waals surface area contributed by atoms with Gasteiger partial charge in [-0.25, -0.2) is 4.79 Å². The van der Waals surface area contributed by atoms with E-state index in [1.165, 1.54) is 4.68 Å². The van der Waals surface area contributed by atoms with Crippen LogP contribution in [0.2, 0.25) is 0 Å². The van der Waals surface area contributed by atoms with Crippen LogP contribution in [0, 0.1) is 6.92 Å². The highest BCUT2D eigenvalue weighted by molar-refractivity contribution is 5.85. The smallest absolute Gasteiger partial charge is 0.354 e. The van der Waals surface area contributed by atoms with Crippen molar-refractivity contribution in [2.75, 3.05) is 0 Å². The highest BCUT2D eigenvalue weighted by atomic mass is 35.5. The molecule has 12 heavy (non-hydrogen) atoms. The average molecular weight is 191 g/mol. The zero-order valence-electron chi connectivity index (χ0n) is 6.94. The fourth-order valence-electron chi connectivity index (χ4n) is 0.959. The van der Waals surface area contributed by atoms with Crippen LogP contribution in [0.5, 0.6) is 0 Å². The Hall–Kier alpha value is -1.03. The van der Waals surface area contributed by atoms with Crippen molar-refractivity contribution < 1.29 is 9.90 Å². The van der Waals surface area contributed by atoms with E-state index in [1.54, 1.807) is 13.0 Å². The first-order valence-electron chi connectivity index (χ1n) is 3.43. The fourth-order valence-corrected chi connectivity index (χ4v) is 0.959. The molecule has 4 nitrogen and oxygen atoms in total. The second kappa shape index (κ2) is 4.11. The van der Waals surface area contributed by atoms with Gasteiger partial charge in [-0.2, -0.15) is 5.10 Å². The SMILES string of the molecule is CCn1nc(C)cc1C(=O)O.Cl. The molecule has 0 atom stereocenters. The molecule has 5 heteroatoms. The van der Waals surface area contributed by atoms with E-state index in [9.17, 15) is 4.79 Å². The number of hydrogen-bond donors (Lipinski definition) is 1. The topological polar surface area (TPSA) is 55.1 Å². The van der Waals surface area contributed by atoms with E-state index in [2.05, 4.69) is 5.10 Å². The van der Waals surface area contributed by atoms with Crippen molar-refractivity contribution in [3.05, 3.63) is 17.5 Å². The molecular weight excluding hydrogens is 180 g/mol. The van der Waals surface area contributed by atoms with Crippen molar-refractivity contribution in [2.24, 2.45) is 0 Å². The summed E-state index contributed by atoms with van der Waals surface area (Å²) in [6.07, 6.45) is 0. The third-order valence-corrected chi connectivity index (χ3v) is 1.42. The summed E-state index contributed by atoms with van der Waals surface area (Å²) in [5.41, 5.74) is 0.995. The van der Waals surface area contributed by atoms with Crippen LogP contribution in [-0.2, 0) is 6.54 Å². The van der Waals surface area contributed by atoms with Crippen molar-refractivity contribution in [2.45, 2.75) is 20.4 Å². The van der Waals surface area contributed by atoms with Crippen LogP contribution in [0.3, 0.4) is 0 Å². The molecule has 1 aromatic heterocycles. The minimum absolute atomic E-state index is 0. The van der Waals surface area contributed by atoms with E-state index >= 15 is 0 Å². The molecular formula is C7H11ClN2O2. The molecule has 0 saturated heterocycles. The lowest BCUT2D eigenvalue weighted by atomic mass is 10.4. The molecule has 0 fully saturated rings. The number of aromatic nitrogens is 2. The number of aryl methyl sites for hydroxylation is 2. The molecule has 0 aliphatic heterocycles. The summed E-state index contributed by atoms with van der Waals surface area (Å²) in [5, 5.41) is 12.6. The number of rotatable bonds is 2. The summed E-state index contributed by atoms with van der Waals surface area (Å²) < 4.78 is 1.47. The molecule has 0 amide bonds. The first-order valence-corrected chi connectivity index (χ1v) is 3.43. The molecule has 1 N–H and O–H groups in total. The van der Waals surface area contributed by atoms with E-state index in [-0.39, 0.29) is 18.1 Å². The van der Waals surface area contributed by atoms with Crippen molar-refractivity contribution >= 4 is 18.4 Å². The molecule has 1 rings (SSSR count). The summed E-state index contributed by atoms with van der Waals surface area (Å²) in [7, 11) is 0. The number of halogens is 1. The van der Waals surface area contributed by atoms with Crippen LogP contribution in [-0.4, -0.2) is 20.9 Å². The number of nitrogens with zero attached hydrogens (tertiary/aromatic N) is 2. The van der Waals surface area contributed by atoms with Gasteiger partial charge in [0, 0.05) is 6.54 Å². The van der Waals surface area contributed by atoms with Gasteiger partial charge in [0.2, 0.25) is 0 Å². The van der Waals surface area contributed by atoms with Gasteiger partial charge < -0.3 is 5.11 Å². The standard InChI is InChI=1S/C7H10N2O2.ClH/c1-3-9-6(7(10)11)4-5(2)8-9;/h4H,3H2,1-2H3,(H,10,11);1H. The van der Waals surface area contributed by atoms with Gasteiger partial charge >= 0.3 is 5.97 Å². The quantitative estimate of drug-likeness (QED) is 0.766. The minimum atomic E-state index is -0.924. The van der Waals surface area contributed by atoms with Gasteiger partial charge in [0.1, 0.15) is 5.69 Å². The maximum Gasteiger partial charge on any atom is 0.354 e. The Bertz CT molecular complexity index is 283. The van der Waals surface area contributed by atoms with E-state index in [1.807, 2.05) is 6.92 Å². The third-order valence-electron chi connectivity index (χ3n) is 1.42. The van der Waals surface area contributed by atoms with Crippen LogP contribution in [0.4, 0.5) is 0 Å². The molecule has 0 bridgehead atoms. The molecule has 0 aromatic carbocycles.